The van der Waals surface area contributed by atoms with E-state index in [1.54, 1.807) is 0 Å². The van der Waals surface area contributed by atoms with Gasteiger partial charge in [0.1, 0.15) is 0 Å². The molecule has 1 rings (SSSR count). The highest BCUT2D eigenvalue weighted by molar-refractivity contribution is 4.84. The molecule has 3 unspecified atom stereocenters. The minimum absolute atomic E-state index is 0.275. The van der Waals surface area contributed by atoms with Gasteiger partial charge >= 0.3 is 0 Å². The molecule has 0 saturated carbocycles. The molecule has 90 valence electrons. The molecule has 0 aromatic heterocycles. The van der Waals surface area contributed by atoms with E-state index >= 15 is 0 Å². The Kier molecular flexibility index (Phi) is 4.15. The zero-order chi connectivity index (χ0) is 11.6. The summed E-state index contributed by atoms with van der Waals surface area (Å²) in [6, 6.07) is 0. The van der Waals surface area contributed by atoms with Crippen molar-refractivity contribution in [2.45, 2.75) is 52.4 Å². The third-order valence-electron chi connectivity index (χ3n) is 3.28. The minimum atomic E-state index is -0.600. The van der Waals surface area contributed by atoms with Crippen LogP contribution in [0.4, 0.5) is 0 Å². The summed E-state index contributed by atoms with van der Waals surface area (Å²) in [6.07, 6.45) is 0.549. The van der Waals surface area contributed by atoms with E-state index in [-0.39, 0.29) is 18.1 Å². The van der Waals surface area contributed by atoms with Crippen LogP contribution in [0.2, 0.25) is 0 Å². The fourth-order valence-corrected chi connectivity index (χ4v) is 2.05. The van der Waals surface area contributed by atoms with Crippen molar-refractivity contribution in [3.05, 3.63) is 0 Å². The molecule has 1 N–H and O–H groups in total. The Morgan fingerprint density at radius 2 is 1.80 bits per heavy atom. The van der Waals surface area contributed by atoms with E-state index in [0.29, 0.717) is 0 Å². The van der Waals surface area contributed by atoms with Crippen LogP contribution in [0, 0.1) is 5.92 Å². The second-order valence-corrected chi connectivity index (χ2v) is 5.46. The Labute approximate surface area is 93.4 Å². The lowest BCUT2D eigenvalue weighted by Crippen LogP contribution is -2.52. The van der Waals surface area contributed by atoms with Crippen molar-refractivity contribution in [1.29, 1.82) is 0 Å². The number of β-amino-alcohol motifs (C(OH)–C–C–N with tert-alkyl or cyclic N) is 1. The van der Waals surface area contributed by atoms with Crippen LogP contribution < -0.4 is 0 Å². The summed E-state index contributed by atoms with van der Waals surface area (Å²) in [5.74, 6) is 0.283. The zero-order valence-corrected chi connectivity index (χ0v) is 10.7. The van der Waals surface area contributed by atoms with Crippen LogP contribution in [0.25, 0.3) is 0 Å². The van der Waals surface area contributed by atoms with Gasteiger partial charge in [-0.1, -0.05) is 13.8 Å². The average Bonchev–Trinajstić information content (AvgIpc) is 1.99. The number of morpholine rings is 1. The third kappa shape index (κ3) is 3.74. The molecule has 1 saturated heterocycles. The van der Waals surface area contributed by atoms with Crippen LogP contribution in [0.1, 0.15) is 34.6 Å². The normalized spacial score (nSPS) is 33.0. The molecule has 3 heteroatoms. The first-order chi connectivity index (χ1) is 6.81. The highest BCUT2D eigenvalue weighted by Gasteiger charge is 2.31. The molecule has 0 radical (unpaired) electrons. The van der Waals surface area contributed by atoms with Crippen molar-refractivity contribution >= 4 is 0 Å². The van der Waals surface area contributed by atoms with Gasteiger partial charge in [0.05, 0.1) is 17.8 Å². The lowest BCUT2D eigenvalue weighted by atomic mass is 9.91. The average molecular weight is 215 g/mol. The van der Waals surface area contributed by atoms with Gasteiger partial charge in [-0.25, -0.2) is 0 Å². The molecule has 1 aliphatic heterocycles. The van der Waals surface area contributed by atoms with Crippen molar-refractivity contribution in [3.8, 4) is 0 Å². The highest BCUT2D eigenvalue weighted by atomic mass is 16.5. The zero-order valence-electron chi connectivity index (χ0n) is 10.7. The SMILES string of the molecule is CC1CN(CC(C)(O)C(C)C)CC(C)O1. The van der Waals surface area contributed by atoms with E-state index in [4.69, 9.17) is 4.74 Å². The molecular weight excluding hydrogens is 190 g/mol. The topological polar surface area (TPSA) is 32.7 Å². The Morgan fingerprint density at radius 1 is 1.33 bits per heavy atom. The van der Waals surface area contributed by atoms with Crippen LogP contribution in [-0.4, -0.2) is 47.4 Å². The van der Waals surface area contributed by atoms with Gasteiger partial charge in [0, 0.05) is 19.6 Å². The summed E-state index contributed by atoms with van der Waals surface area (Å²) in [5.41, 5.74) is -0.600. The number of nitrogens with zero attached hydrogens (tertiary/aromatic N) is 1. The molecule has 3 nitrogen and oxygen atoms in total. The van der Waals surface area contributed by atoms with E-state index in [0.717, 1.165) is 19.6 Å². The molecule has 3 atom stereocenters. The molecule has 0 spiro atoms. The van der Waals surface area contributed by atoms with Crippen molar-refractivity contribution in [2.24, 2.45) is 5.92 Å². The van der Waals surface area contributed by atoms with Crippen molar-refractivity contribution in [3.63, 3.8) is 0 Å². The van der Waals surface area contributed by atoms with E-state index < -0.39 is 5.60 Å². The fourth-order valence-electron chi connectivity index (χ4n) is 2.05. The van der Waals surface area contributed by atoms with Gasteiger partial charge in [-0.15, -0.1) is 0 Å². The minimum Gasteiger partial charge on any atom is -0.389 e. The number of hydrogen-bond donors (Lipinski definition) is 1. The molecule has 1 aliphatic rings. The van der Waals surface area contributed by atoms with Gasteiger partial charge in [-0.3, -0.25) is 4.90 Å². The van der Waals surface area contributed by atoms with Gasteiger partial charge in [0.25, 0.3) is 0 Å². The predicted octanol–water partition coefficient (Wildman–Crippen LogP) is 1.50. The largest absolute Gasteiger partial charge is 0.389 e. The first-order valence-corrected chi connectivity index (χ1v) is 5.91. The van der Waals surface area contributed by atoms with E-state index in [1.807, 2.05) is 6.92 Å². The van der Waals surface area contributed by atoms with Gasteiger partial charge in [0.15, 0.2) is 0 Å². The number of hydrogen-bond acceptors (Lipinski definition) is 3. The maximum atomic E-state index is 10.2. The third-order valence-corrected chi connectivity index (χ3v) is 3.28. The molecule has 0 aromatic carbocycles. The Morgan fingerprint density at radius 3 is 2.20 bits per heavy atom. The quantitative estimate of drug-likeness (QED) is 0.774. The van der Waals surface area contributed by atoms with Gasteiger partial charge in [-0.05, 0) is 26.7 Å². The summed E-state index contributed by atoms with van der Waals surface area (Å²) in [6.45, 7) is 12.8. The summed E-state index contributed by atoms with van der Waals surface area (Å²) in [4.78, 5) is 2.30. The number of aliphatic hydroxyl groups is 1. The standard InChI is InChI=1S/C12H25NO2/c1-9(2)12(5,14)8-13-6-10(3)15-11(4)7-13/h9-11,14H,6-8H2,1-5H3. The predicted molar refractivity (Wildman–Crippen MR) is 61.9 cm³/mol. The smallest absolute Gasteiger partial charge is 0.0768 e. The second kappa shape index (κ2) is 4.81. The lowest BCUT2D eigenvalue weighted by molar-refractivity contribution is -0.0971. The summed E-state index contributed by atoms with van der Waals surface area (Å²) in [5, 5.41) is 10.2. The van der Waals surface area contributed by atoms with Crippen molar-refractivity contribution < 1.29 is 9.84 Å². The monoisotopic (exact) mass is 215 g/mol. The first kappa shape index (κ1) is 12.9. The highest BCUT2D eigenvalue weighted by Crippen LogP contribution is 2.20. The Hall–Kier alpha value is -0.120. The Balaban J connectivity index is 2.50. The van der Waals surface area contributed by atoms with Gasteiger partial charge in [-0.2, -0.15) is 0 Å². The molecule has 0 amide bonds. The molecular formula is C12H25NO2. The summed E-state index contributed by atoms with van der Waals surface area (Å²) < 4.78 is 5.67. The van der Waals surface area contributed by atoms with Crippen molar-refractivity contribution in [1.82, 2.24) is 4.90 Å². The van der Waals surface area contributed by atoms with Crippen LogP contribution in [0.15, 0.2) is 0 Å². The Bertz CT molecular complexity index is 194. The van der Waals surface area contributed by atoms with E-state index in [1.165, 1.54) is 0 Å². The lowest BCUT2D eigenvalue weighted by Gasteiger charge is -2.40. The molecule has 0 bridgehead atoms. The fraction of sp³-hybridized carbons (Fsp3) is 1.00. The molecule has 1 fully saturated rings. The van der Waals surface area contributed by atoms with E-state index in [9.17, 15) is 5.11 Å². The molecule has 0 aromatic rings. The maximum absolute atomic E-state index is 10.2. The van der Waals surface area contributed by atoms with Crippen LogP contribution >= 0.6 is 0 Å². The number of rotatable bonds is 3. The van der Waals surface area contributed by atoms with Crippen molar-refractivity contribution in [2.75, 3.05) is 19.6 Å². The summed E-state index contributed by atoms with van der Waals surface area (Å²) in [7, 11) is 0. The van der Waals surface area contributed by atoms with Crippen LogP contribution in [0.3, 0.4) is 0 Å². The first-order valence-electron chi connectivity index (χ1n) is 5.91. The molecule has 0 aliphatic carbocycles. The van der Waals surface area contributed by atoms with Gasteiger partial charge < -0.3 is 9.84 Å². The summed E-state index contributed by atoms with van der Waals surface area (Å²) >= 11 is 0. The number of ether oxygens (including phenoxy) is 1. The molecule has 15 heavy (non-hydrogen) atoms. The van der Waals surface area contributed by atoms with Gasteiger partial charge in [0.2, 0.25) is 0 Å². The second-order valence-electron chi connectivity index (χ2n) is 5.46. The molecule has 1 heterocycles. The van der Waals surface area contributed by atoms with E-state index in [2.05, 4.69) is 32.6 Å². The maximum Gasteiger partial charge on any atom is 0.0768 e. The van der Waals surface area contributed by atoms with Crippen LogP contribution in [0.5, 0.6) is 0 Å². The van der Waals surface area contributed by atoms with Crippen LogP contribution in [-0.2, 0) is 4.74 Å².